The highest BCUT2D eigenvalue weighted by molar-refractivity contribution is 6.68. The molecule has 0 spiro atoms. The van der Waals surface area contributed by atoms with Gasteiger partial charge in [0.05, 0.1) is 0 Å². The van der Waals surface area contributed by atoms with Crippen LogP contribution in [0, 0.1) is 0 Å². The Morgan fingerprint density at radius 3 is 2.09 bits per heavy atom. The standard InChI is InChI=1S/C6H12Cl3NO/c1-4(2)10-3-5(11)6(7,8)9/h4-5,10-11H,3H2,1-2H3. The fourth-order valence-corrected chi connectivity index (χ4v) is 0.695. The van der Waals surface area contributed by atoms with Crippen LogP contribution >= 0.6 is 34.8 Å². The van der Waals surface area contributed by atoms with Gasteiger partial charge in [0.1, 0.15) is 6.10 Å². The van der Waals surface area contributed by atoms with Gasteiger partial charge >= 0.3 is 0 Å². The number of rotatable bonds is 3. The smallest absolute Gasteiger partial charge is 0.217 e. The minimum Gasteiger partial charge on any atom is -0.387 e. The predicted molar refractivity (Wildman–Crippen MR) is 49.4 cm³/mol. The molecule has 0 saturated carbocycles. The van der Waals surface area contributed by atoms with Crippen LogP contribution in [0.15, 0.2) is 0 Å². The van der Waals surface area contributed by atoms with Gasteiger partial charge in [0.15, 0.2) is 0 Å². The van der Waals surface area contributed by atoms with Crippen LogP contribution in [0.1, 0.15) is 13.8 Å². The van der Waals surface area contributed by atoms with Crippen LogP contribution in [0.4, 0.5) is 0 Å². The van der Waals surface area contributed by atoms with Crippen LogP contribution in [0.3, 0.4) is 0 Å². The lowest BCUT2D eigenvalue weighted by Gasteiger charge is -2.20. The third kappa shape index (κ3) is 6.00. The molecular weight excluding hydrogens is 208 g/mol. The largest absolute Gasteiger partial charge is 0.387 e. The maximum atomic E-state index is 9.18. The molecule has 0 rings (SSSR count). The molecule has 0 fully saturated rings. The van der Waals surface area contributed by atoms with Crippen molar-refractivity contribution in [1.29, 1.82) is 0 Å². The van der Waals surface area contributed by atoms with Gasteiger partial charge in [-0.1, -0.05) is 48.7 Å². The summed E-state index contributed by atoms with van der Waals surface area (Å²) < 4.78 is -1.60. The molecule has 0 amide bonds. The molecular formula is C6H12Cl3NO. The molecule has 1 unspecified atom stereocenters. The Hall–Kier alpha value is 0.790. The molecule has 0 aliphatic heterocycles. The van der Waals surface area contributed by atoms with E-state index in [4.69, 9.17) is 34.8 Å². The van der Waals surface area contributed by atoms with E-state index in [0.29, 0.717) is 0 Å². The zero-order valence-electron chi connectivity index (χ0n) is 6.44. The topological polar surface area (TPSA) is 32.3 Å². The monoisotopic (exact) mass is 219 g/mol. The van der Waals surface area contributed by atoms with Gasteiger partial charge in [0.2, 0.25) is 3.79 Å². The molecule has 0 radical (unpaired) electrons. The molecule has 0 aliphatic rings. The molecule has 0 heterocycles. The zero-order valence-corrected chi connectivity index (χ0v) is 8.71. The second-order valence-electron chi connectivity index (χ2n) is 2.62. The lowest BCUT2D eigenvalue weighted by Crippen LogP contribution is -2.39. The zero-order chi connectivity index (χ0) is 9.07. The molecule has 0 aromatic carbocycles. The highest BCUT2D eigenvalue weighted by atomic mass is 35.6. The SMILES string of the molecule is CC(C)NCC(O)C(Cl)(Cl)Cl. The summed E-state index contributed by atoms with van der Waals surface area (Å²) in [5.41, 5.74) is 0. The predicted octanol–water partition coefficient (Wildman–Crippen LogP) is 1.72. The van der Waals surface area contributed by atoms with Gasteiger partial charge in [0.25, 0.3) is 0 Å². The first-order valence-corrected chi connectivity index (χ1v) is 4.45. The van der Waals surface area contributed by atoms with Gasteiger partial charge in [-0.25, -0.2) is 0 Å². The summed E-state index contributed by atoms with van der Waals surface area (Å²) in [6.45, 7) is 4.18. The number of hydrogen-bond donors (Lipinski definition) is 2. The Kier molecular flexibility index (Phi) is 5.07. The van der Waals surface area contributed by atoms with E-state index < -0.39 is 9.90 Å². The number of alkyl halides is 3. The number of nitrogens with one attached hydrogen (secondary N) is 1. The third-order valence-corrected chi connectivity index (χ3v) is 1.85. The highest BCUT2D eigenvalue weighted by Gasteiger charge is 2.30. The first-order chi connectivity index (χ1) is 4.84. The fraction of sp³-hybridized carbons (Fsp3) is 1.00. The van der Waals surface area contributed by atoms with E-state index >= 15 is 0 Å². The lowest BCUT2D eigenvalue weighted by atomic mass is 10.3. The van der Waals surface area contributed by atoms with E-state index in [2.05, 4.69) is 5.32 Å². The quantitative estimate of drug-likeness (QED) is 0.710. The highest BCUT2D eigenvalue weighted by Crippen LogP contribution is 2.29. The van der Waals surface area contributed by atoms with Crippen molar-refractivity contribution in [2.75, 3.05) is 6.54 Å². The summed E-state index contributed by atoms with van der Waals surface area (Å²) in [5.74, 6) is 0. The van der Waals surface area contributed by atoms with Gasteiger partial charge in [0, 0.05) is 12.6 Å². The minimum absolute atomic E-state index is 0.275. The van der Waals surface area contributed by atoms with Crippen molar-refractivity contribution in [3.63, 3.8) is 0 Å². The summed E-state index contributed by atoms with van der Waals surface area (Å²) in [6, 6.07) is 0.275. The van der Waals surface area contributed by atoms with Crippen LogP contribution in [0.25, 0.3) is 0 Å². The second-order valence-corrected chi connectivity index (χ2v) is 4.99. The average Bonchev–Trinajstić information content (AvgIpc) is 1.80. The molecule has 0 aliphatic carbocycles. The molecule has 0 aromatic heterocycles. The van der Waals surface area contributed by atoms with Crippen LogP contribution in [0.2, 0.25) is 0 Å². The van der Waals surface area contributed by atoms with Crippen molar-refractivity contribution in [2.24, 2.45) is 0 Å². The van der Waals surface area contributed by atoms with Gasteiger partial charge in [-0.2, -0.15) is 0 Å². The van der Waals surface area contributed by atoms with Crippen molar-refractivity contribution in [2.45, 2.75) is 29.8 Å². The summed E-state index contributed by atoms with van der Waals surface area (Å²) in [5, 5.41) is 12.1. The molecule has 68 valence electrons. The van der Waals surface area contributed by atoms with E-state index in [1.165, 1.54) is 0 Å². The molecule has 0 bridgehead atoms. The van der Waals surface area contributed by atoms with E-state index in [1.54, 1.807) is 0 Å². The van der Waals surface area contributed by atoms with Gasteiger partial charge < -0.3 is 10.4 Å². The van der Waals surface area contributed by atoms with Crippen LogP contribution < -0.4 is 5.32 Å². The first-order valence-electron chi connectivity index (χ1n) is 3.32. The second kappa shape index (κ2) is 4.73. The molecule has 5 heteroatoms. The molecule has 2 N–H and O–H groups in total. The van der Waals surface area contributed by atoms with Crippen molar-refractivity contribution >= 4 is 34.8 Å². The summed E-state index contributed by atoms with van der Waals surface area (Å²) >= 11 is 16.2. The number of aliphatic hydroxyl groups is 1. The number of hydrogen-bond acceptors (Lipinski definition) is 2. The van der Waals surface area contributed by atoms with E-state index in [9.17, 15) is 5.11 Å². The van der Waals surface area contributed by atoms with Gasteiger partial charge in [-0.15, -0.1) is 0 Å². The van der Waals surface area contributed by atoms with Crippen LogP contribution in [-0.4, -0.2) is 27.6 Å². The van der Waals surface area contributed by atoms with Crippen molar-refractivity contribution in [3.8, 4) is 0 Å². The van der Waals surface area contributed by atoms with Gasteiger partial charge in [-0.05, 0) is 0 Å². The normalized spacial score (nSPS) is 15.5. The minimum atomic E-state index is -1.60. The third-order valence-electron chi connectivity index (χ3n) is 1.10. The molecule has 0 saturated heterocycles. The van der Waals surface area contributed by atoms with Crippen molar-refractivity contribution in [3.05, 3.63) is 0 Å². The molecule has 1 atom stereocenters. The van der Waals surface area contributed by atoms with E-state index in [-0.39, 0.29) is 12.6 Å². The Bertz CT molecular complexity index is 113. The maximum Gasteiger partial charge on any atom is 0.217 e. The summed E-state index contributed by atoms with van der Waals surface area (Å²) in [7, 11) is 0. The number of aliphatic hydroxyl groups excluding tert-OH is 1. The summed E-state index contributed by atoms with van der Waals surface area (Å²) in [6.07, 6.45) is -0.963. The molecule has 2 nitrogen and oxygen atoms in total. The summed E-state index contributed by atoms with van der Waals surface area (Å²) in [4.78, 5) is 0. The fourth-order valence-electron chi connectivity index (χ4n) is 0.463. The average molecular weight is 221 g/mol. The Morgan fingerprint density at radius 2 is 1.82 bits per heavy atom. The van der Waals surface area contributed by atoms with E-state index in [0.717, 1.165) is 0 Å². The van der Waals surface area contributed by atoms with E-state index in [1.807, 2.05) is 13.8 Å². The Balaban J connectivity index is 3.61. The van der Waals surface area contributed by atoms with Crippen LogP contribution in [0.5, 0.6) is 0 Å². The first kappa shape index (κ1) is 11.8. The lowest BCUT2D eigenvalue weighted by molar-refractivity contribution is 0.172. The Labute approximate surface area is 81.8 Å². The molecule has 0 aromatic rings. The van der Waals surface area contributed by atoms with Crippen LogP contribution in [-0.2, 0) is 0 Å². The number of halogens is 3. The van der Waals surface area contributed by atoms with Gasteiger partial charge in [-0.3, -0.25) is 0 Å². The Morgan fingerprint density at radius 1 is 1.36 bits per heavy atom. The van der Waals surface area contributed by atoms with Crippen molar-refractivity contribution < 1.29 is 5.11 Å². The van der Waals surface area contributed by atoms with Crippen molar-refractivity contribution in [1.82, 2.24) is 5.32 Å². The molecule has 11 heavy (non-hydrogen) atoms. The maximum absolute atomic E-state index is 9.18.